The van der Waals surface area contributed by atoms with Crippen molar-refractivity contribution in [3.8, 4) is 11.5 Å². The normalized spacial score (nSPS) is 12.8. The fourth-order valence-electron chi connectivity index (χ4n) is 3.10. The van der Waals surface area contributed by atoms with Crippen LogP contribution in [0.25, 0.3) is 0 Å². The lowest BCUT2D eigenvalue weighted by atomic mass is 10.0. The summed E-state index contributed by atoms with van der Waals surface area (Å²) in [5.41, 5.74) is 3.19. The molecule has 0 bridgehead atoms. The van der Waals surface area contributed by atoms with Crippen molar-refractivity contribution in [2.45, 2.75) is 13.1 Å². The van der Waals surface area contributed by atoms with Gasteiger partial charge in [-0.1, -0.05) is 29.3 Å². The average Bonchev–Trinajstić information content (AvgIpc) is 3.03. The Balaban J connectivity index is 2.04. The fraction of sp³-hybridized carbons (Fsp3) is 0.278. The number of nitrogens with zero attached hydrogens (tertiary/aromatic N) is 1. The van der Waals surface area contributed by atoms with E-state index in [9.17, 15) is 4.79 Å². The Bertz CT molecular complexity index is 838. The first-order valence-electron chi connectivity index (χ1n) is 7.55. The first kappa shape index (κ1) is 17.7. The van der Waals surface area contributed by atoms with Crippen LogP contribution in [0.2, 0.25) is 10.0 Å². The molecule has 0 amide bonds. The molecule has 0 atom stereocenters. The summed E-state index contributed by atoms with van der Waals surface area (Å²) in [4.78, 5) is 14.0. The summed E-state index contributed by atoms with van der Waals surface area (Å²) in [6.07, 6.45) is 0. The van der Waals surface area contributed by atoms with Gasteiger partial charge in [-0.25, -0.2) is 4.79 Å². The van der Waals surface area contributed by atoms with E-state index in [0.717, 1.165) is 16.8 Å². The smallest absolute Gasteiger partial charge is 0.341 e. The molecule has 7 heteroatoms. The van der Waals surface area contributed by atoms with Crippen molar-refractivity contribution in [1.82, 2.24) is 0 Å². The van der Waals surface area contributed by atoms with E-state index in [1.807, 2.05) is 12.1 Å². The van der Waals surface area contributed by atoms with Crippen molar-refractivity contribution >= 4 is 34.9 Å². The number of methoxy groups -OCH3 is 3. The molecule has 0 aromatic heterocycles. The van der Waals surface area contributed by atoms with E-state index in [0.29, 0.717) is 40.2 Å². The molecular formula is C18H17Cl2NO4. The van der Waals surface area contributed by atoms with Crippen LogP contribution in [0.15, 0.2) is 24.3 Å². The number of fused-ring (bicyclic) bond motifs is 1. The van der Waals surface area contributed by atoms with Crippen molar-refractivity contribution in [2.24, 2.45) is 0 Å². The molecule has 0 aliphatic carbocycles. The molecule has 2 aromatic carbocycles. The van der Waals surface area contributed by atoms with Gasteiger partial charge >= 0.3 is 5.97 Å². The van der Waals surface area contributed by atoms with Crippen LogP contribution in [0.4, 0.5) is 5.69 Å². The van der Waals surface area contributed by atoms with Gasteiger partial charge in [0.25, 0.3) is 0 Å². The highest BCUT2D eigenvalue weighted by atomic mass is 35.5. The molecule has 0 unspecified atom stereocenters. The Morgan fingerprint density at radius 3 is 2.40 bits per heavy atom. The molecule has 1 heterocycles. The first-order valence-corrected chi connectivity index (χ1v) is 8.30. The topological polar surface area (TPSA) is 48.0 Å². The minimum Gasteiger partial charge on any atom is -0.495 e. The number of ether oxygens (including phenoxy) is 3. The lowest BCUT2D eigenvalue weighted by Gasteiger charge is -2.22. The third-order valence-corrected chi connectivity index (χ3v) is 4.71. The van der Waals surface area contributed by atoms with E-state index < -0.39 is 5.97 Å². The van der Waals surface area contributed by atoms with Gasteiger partial charge in [-0.2, -0.15) is 0 Å². The molecule has 0 saturated carbocycles. The summed E-state index contributed by atoms with van der Waals surface area (Å²) in [5.74, 6) is 0.659. The molecule has 25 heavy (non-hydrogen) atoms. The Morgan fingerprint density at radius 2 is 1.76 bits per heavy atom. The Morgan fingerprint density at radius 1 is 1.04 bits per heavy atom. The number of carbonyl (C=O) groups excluding carboxylic acids is 1. The zero-order valence-electron chi connectivity index (χ0n) is 14.1. The number of hydrogen-bond donors (Lipinski definition) is 0. The maximum atomic E-state index is 12.0. The van der Waals surface area contributed by atoms with E-state index >= 15 is 0 Å². The number of esters is 1. The van der Waals surface area contributed by atoms with E-state index in [-0.39, 0.29) is 0 Å². The molecule has 0 spiro atoms. The highest BCUT2D eigenvalue weighted by Crippen LogP contribution is 2.43. The van der Waals surface area contributed by atoms with Crippen LogP contribution in [-0.2, 0) is 17.8 Å². The van der Waals surface area contributed by atoms with Crippen LogP contribution < -0.4 is 14.4 Å². The van der Waals surface area contributed by atoms with Gasteiger partial charge in [0.1, 0.15) is 11.3 Å². The lowest BCUT2D eigenvalue weighted by Crippen LogP contribution is -2.15. The first-order chi connectivity index (χ1) is 12.0. The predicted octanol–water partition coefficient (Wildman–Crippen LogP) is 4.32. The molecule has 0 radical (unpaired) electrons. The summed E-state index contributed by atoms with van der Waals surface area (Å²) >= 11 is 12.4. The van der Waals surface area contributed by atoms with Gasteiger partial charge in [-0.05, 0) is 23.8 Å². The summed E-state index contributed by atoms with van der Waals surface area (Å²) < 4.78 is 15.8. The van der Waals surface area contributed by atoms with Crippen LogP contribution in [0.5, 0.6) is 11.5 Å². The van der Waals surface area contributed by atoms with E-state index in [1.54, 1.807) is 26.4 Å². The number of benzene rings is 2. The number of hydrogen-bond acceptors (Lipinski definition) is 5. The monoisotopic (exact) mass is 381 g/mol. The fourth-order valence-corrected chi connectivity index (χ4v) is 3.66. The Kier molecular flexibility index (Phi) is 4.97. The number of halogens is 2. The Labute approximate surface area is 156 Å². The molecule has 0 saturated heterocycles. The van der Waals surface area contributed by atoms with Crippen LogP contribution >= 0.6 is 23.2 Å². The largest absolute Gasteiger partial charge is 0.495 e. The summed E-state index contributed by atoms with van der Waals surface area (Å²) in [6, 6.07) is 7.08. The molecule has 132 valence electrons. The molecule has 0 fully saturated rings. The molecule has 1 aliphatic heterocycles. The Hall–Kier alpha value is -2.11. The van der Waals surface area contributed by atoms with Gasteiger partial charge in [0, 0.05) is 23.7 Å². The van der Waals surface area contributed by atoms with Crippen LogP contribution in [-0.4, -0.2) is 27.3 Å². The molecule has 1 aliphatic rings. The maximum Gasteiger partial charge on any atom is 0.341 e. The second-order valence-corrected chi connectivity index (χ2v) is 6.42. The minimum atomic E-state index is -0.429. The van der Waals surface area contributed by atoms with Gasteiger partial charge < -0.3 is 19.1 Å². The van der Waals surface area contributed by atoms with Gasteiger partial charge in [0.2, 0.25) is 0 Å². The number of anilines is 1. The average molecular weight is 382 g/mol. The predicted molar refractivity (Wildman–Crippen MR) is 97.2 cm³/mol. The van der Waals surface area contributed by atoms with E-state index in [1.165, 1.54) is 7.11 Å². The summed E-state index contributed by atoms with van der Waals surface area (Å²) in [7, 11) is 4.46. The van der Waals surface area contributed by atoms with Crippen molar-refractivity contribution in [3.05, 3.63) is 51.0 Å². The van der Waals surface area contributed by atoms with E-state index in [4.69, 9.17) is 37.4 Å². The standard InChI is InChI=1S/C18H17Cl2NO4/c1-23-16-12(18(22)25-3)5-4-10-8-21(9-13(10)16)15-7-11(19)6-14(20)17(15)24-2/h4-7H,8-9H2,1-3H3. The quantitative estimate of drug-likeness (QED) is 0.738. The van der Waals surface area contributed by atoms with Crippen molar-refractivity contribution in [1.29, 1.82) is 0 Å². The zero-order valence-corrected chi connectivity index (χ0v) is 15.6. The van der Waals surface area contributed by atoms with Crippen molar-refractivity contribution < 1.29 is 19.0 Å². The highest BCUT2D eigenvalue weighted by molar-refractivity contribution is 6.36. The van der Waals surface area contributed by atoms with Crippen molar-refractivity contribution in [2.75, 3.05) is 26.2 Å². The summed E-state index contributed by atoms with van der Waals surface area (Å²) in [5, 5.41) is 0.974. The van der Waals surface area contributed by atoms with Gasteiger partial charge in [0.15, 0.2) is 5.75 Å². The zero-order chi connectivity index (χ0) is 18.1. The third-order valence-electron chi connectivity index (χ3n) is 4.21. The van der Waals surface area contributed by atoms with Crippen LogP contribution in [0.3, 0.4) is 0 Å². The van der Waals surface area contributed by atoms with Crippen molar-refractivity contribution in [3.63, 3.8) is 0 Å². The molecular weight excluding hydrogens is 365 g/mol. The molecule has 0 N–H and O–H groups in total. The SMILES string of the molecule is COC(=O)c1ccc2c(c1OC)CN(c1cc(Cl)cc(Cl)c1OC)C2. The van der Waals surface area contributed by atoms with Gasteiger partial charge in [-0.3, -0.25) is 0 Å². The number of rotatable bonds is 4. The van der Waals surface area contributed by atoms with Crippen LogP contribution in [0, 0.1) is 0 Å². The minimum absolute atomic E-state index is 0.404. The maximum absolute atomic E-state index is 12.0. The lowest BCUT2D eigenvalue weighted by molar-refractivity contribution is 0.0597. The van der Waals surface area contributed by atoms with Crippen LogP contribution in [0.1, 0.15) is 21.5 Å². The number of carbonyl (C=O) groups is 1. The second-order valence-electron chi connectivity index (χ2n) is 5.57. The molecule has 5 nitrogen and oxygen atoms in total. The molecule has 3 rings (SSSR count). The third kappa shape index (κ3) is 3.10. The second kappa shape index (κ2) is 7.02. The van der Waals surface area contributed by atoms with E-state index in [2.05, 4.69) is 4.90 Å². The van der Waals surface area contributed by atoms with Gasteiger partial charge in [-0.15, -0.1) is 0 Å². The van der Waals surface area contributed by atoms with Gasteiger partial charge in [0.05, 0.1) is 32.0 Å². The highest BCUT2D eigenvalue weighted by Gasteiger charge is 2.29. The molecule has 2 aromatic rings. The summed E-state index contributed by atoms with van der Waals surface area (Å²) in [6.45, 7) is 1.16.